The SMILES string of the molecule is Nc1cc(C2CCN(C(=O)c3cc4cc(Cl)ccc4[nH]3)CC2)no1. The molecule has 1 aliphatic heterocycles. The van der Waals surface area contributed by atoms with Crippen LogP contribution in [0.15, 0.2) is 34.9 Å². The van der Waals surface area contributed by atoms with E-state index >= 15 is 0 Å². The number of likely N-dealkylation sites (tertiary alicyclic amines) is 1. The number of piperidine rings is 1. The van der Waals surface area contributed by atoms with Gasteiger partial charge < -0.3 is 20.1 Å². The number of benzene rings is 1. The number of carbonyl (C=O) groups is 1. The van der Waals surface area contributed by atoms with Crippen molar-refractivity contribution in [2.45, 2.75) is 18.8 Å². The van der Waals surface area contributed by atoms with E-state index in [2.05, 4.69) is 10.1 Å². The van der Waals surface area contributed by atoms with E-state index in [0.717, 1.165) is 29.4 Å². The Hall–Kier alpha value is -2.47. The zero-order valence-electron chi connectivity index (χ0n) is 13.0. The molecular formula is C17H17ClN4O2. The van der Waals surface area contributed by atoms with Crippen molar-refractivity contribution in [1.29, 1.82) is 0 Å². The van der Waals surface area contributed by atoms with Crippen LogP contribution in [0.25, 0.3) is 10.9 Å². The standard InChI is InChI=1S/C17H17ClN4O2/c18-12-1-2-13-11(7-12)8-15(20-13)17(23)22-5-3-10(4-6-22)14-9-16(19)24-21-14/h1-2,7-10,20H,3-6,19H2. The van der Waals surface area contributed by atoms with Crippen LogP contribution in [0, 0.1) is 0 Å². The Morgan fingerprint density at radius 1 is 1.29 bits per heavy atom. The molecule has 3 aromatic rings. The van der Waals surface area contributed by atoms with Crippen LogP contribution < -0.4 is 5.73 Å². The molecule has 1 aliphatic rings. The number of carbonyl (C=O) groups excluding carboxylic acids is 1. The van der Waals surface area contributed by atoms with Gasteiger partial charge in [0.15, 0.2) is 0 Å². The highest BCUT2D eigenvalue weighted by Gasteiger charge is 2.27. The lowest BCUT2D eigenvalue weighted by Crippen LogP contribution is -2.38. The summed E-state index contributed by atoms with van der Waals surface area (Å²) in [5.74, 6) is 0.636. The molecule has 0 saturated carbocycles. The summed E-state index contributed by atoms with van der Waals surface area (Å²) in [7, 11) is 0. The van der Waals surface area contributed by atoms with Gasteiger partial charge in [-0.3, -0.25) is 4.79 Å². The van der Waals surface area contributed by atoms with Gasteiger partial charge in [-0.15, -0.1) is 0 Å². The summed E-state index contributed by atoms with van der Waals surface area (Å²) in [5.41, 5.74) is 7.96. The molecule has 24 heavy (non-hydrogen) atoms. The first kappa shape index (κ1) is 15.1. The minimum atomic E-state index is 0.0143. The maximum absolute atomic E-state index is 12.7. The third-order valence-electron chi connectivity index (χ3n) is 4.56. The van der Waals surface area contributed by atoms with Crippen LogP contribution in [0.5, 0.6) is 0 Å². The number of nitrogen functional groups attached to an aromatic ring is 1. The third-order valence-corrected chi connectivity index (χ3v) is 4.80. The van der Waals surface area contributed by atoms with E-state index in [9.17, 15) is 4.79 Å². The number of nitrogens with zero attached hydrogens (tertiary/aromatic N) is 2. The number of rotatable bonds is 2. The summed E-state index contributed by atoms with van der Waals surface area (Å²) in [6.45, 7) is 1.37. The molecule has 2 aromatic heterocycles. The van der Waals surface area contributed by atoms with Gasteiger partial charge in [-0.2, -0.15) is 0 Å². The summed E-state index contributed by atoms with van der Waals surface area (Å²) in [5, 5.41) is 5.59. The van der Waals surface area contributed by atoms with Crippen LogP contribution in [0.4, 0.5) is 5.88 Å². The molecule has 1 fully saturated rings. The zero-order valence-corrected chi connectivity index (χ0v) is 13.7. The highest BCUT2D eigenvalue weighted by atomic mass is 35.5. The van der Waals surface area contributed by atoms with Crippen LogP contribution in [-0.2, 0) is 0 Å². The molecule has 3 heterocycles. The van der Waals surface area contributed by atoms with Gasteiger partial charge in [-0.25, -0.2) is 0 Å². The van der Waals surface area contributed by atoms with Gasteiger partial charge in [0.2, 0.25) is 5.88 Å². The Morgan fingerprint density at radius 2 is 2.08 bits per heavy atom. The van der Waals surface area contributed by atoms with Crippen molar-refractivity contribution in [3.8, 4) is 0 Å². The van der Waals surface area contributed by atoms with Crippen molar-refractivity contribution in [3.63, 3.8) is 0 Å². The number of nitrogens with one attached hydrogen (secondary N) is 1. The summed E-state index contributed by atoms with van der Waals surface area (Å²) >= 11 is 6.00. The van der Waals surface area contributed by atoms with Crippen molar-refractivity contribution < 1.29 is 9.32 Å². The van der Waals surface area contributed by atoms with Crippen LogP contribution in [0.3, 0.4) is 0 Å². The average Bonchev–Trinajstić information content (AvgIpc) is 3.20. The van der Waals surface area contributed by atoms with E-state index in [0.29, 0.717) is 29.7 Å². The molecule has 0 aliphatic carbocycles. The molecule has 0 bridgehead atoms. The first-order valence-corrected chi connectivity index (χ1v) is 8.27. The Morgan fingerprint density at radius 3 is 2.79 bits per heavy atom. The molecule has 4 rings (SSSR count). The lowest BCUT2D eigenvalue weighted by Gasteiger charge is -2.30. The number of hydrogen-bond donors (Lipinski definition) is 2. The van der Waals surface area contributed by atoms with E-state index in [1.807, 2.05) is 29.2 Å². The van der Waals surface area contributed by atoms with Gasteiger partial charge in [-0.1, -0.05) is 16.8 Å². The largest absolute Gasteiger partial charge is 0.368 e. The molecule has 0 spiro atoms. The highest BCUT2D eigenvalue weighted by Crippen LogP contribution is 2.29. The molecular weight excluding hydrogens is 328 g/mol. The maximum atomic E-state index is 12.7. The van der Waals surface area contributed by atoms with Gasteiger partial charge in [0.05, 0.1) is 5.69 Å². The molecule has 0 atom stereocenters. The topological polar surface area (TPSA) is 88.1 Å². The number of anilines is 1. The number of hydrogen-bond acceptors (Lipinski definition) is 4. The second-order valence-electron chi connectivity index (χ2n) is 6.14. The summed E-state index contributed by atoms with van der Waals surface area (Å²) < 4.78 is 4.94. The zero-order chi connectivity index (χ0) is 16.7. The molecule has 124 valence electrons. The first-order chi connectivity index (χ1) is 11.6. The second-order valence-corrected chi connectivity index (χ2v) is 6.57. The molecule has 1 saturated heterocycles. The predicted molar refractivity (Wildman–Crippen MR) is 92.1 cm³/mol. The minimum Gasteiger partial charge on any atom is -0.368 e. The summed E-state index contributed by atoms with van der Waals surface area (Å²) in [6, 6.07) is 9.17. The smallest absolute Gasteiger partial charge is 0.270 e. The first-order valence-electron chi connectivity index (χ1n) is 7.90. The fourth-order valence-corrected chi connectivity index (χ4v) is 3.44. The number of aromatic amines is 1. The Bertz CT molecular complexity index is 893. The van der Waals surface area contributed by atoms with E-state index in [1.54, 1.807) is 6.07 Å². The van der Waals surface area contributed by atoms with Crippen molar-refractivity contribution >= 4 is 34.3 Å². The highest BCUT2D eigenvalue weighted by molar-refractivity contribution is 6.31. The lowest BCUT2D eigenvalue weighted by molar-refractivity contribution is 0.0706. The quantitative estimate of drug-likeness (QED) is 0.745. The van der Waals surface area contributed by atoms with Crippen LogP contribution in [0.1, 0.15) is 34.9 Å². The molecule has 1 amide bonds. The van der Waals surface area contributed by atoms with Crippen LogP contribution in [-0.4, -0.2) is 34.0 Å². The van der Waals surface area contributed by atoms with Crippen molar-refractivity contribution in [1.82, 2.24) is 15.0 Å². The van der Waals surface area contributed by atoms with Crippen LogP contribution >= 0.6 is 11.6 Å². The molecule has 1 aromatic carbocycles. The van der Waals surface area contributed by atoms with Crippen molar-refractivity contribution in [3.05, 3.63) is 46.7 Å². The van der Waals surface area contributed by atoms with Gasteiger partial charge in [0, 0.05) is 41.0 Å². The Labute approximate surface area is 143 Å². The maximum Gasteiger partial charge on any atom is 0.270 e. The van der Waals surface area contributed by atoms with Gasteiger partial charge in [0.1, 0.15) is 5.69 Å². The lowest BCUT2D eigenvalue weighted by atomic mass is 9.93. The van der Waals surface area contributed by atoms with E-state index in [4.69, 9.17) is 21.9 Å². The number of fused-ring (bicyclic) bond motifs is 1. The van der Waals surface area contributed by atoms with E-state index in [1.165, 1.54) is 0 Å². The van der Waals surface area contributed by atoms with Crippen molar-refractivity contribution in [2.75, 3.05) is 18.8 Å². The number of H-pyrrole nitrogens is 1. The third kappa shape index (κ3) is 2.73. The predicted octanol–water partition coefficient (Wildman–Crippen LogP) is 3.41. The minimum absolute atomic E-state index is 0.0143. The van der Waals surface area contributed by atoms with E-state index < -0.39 is 0 Å². The van der Waals surface area contributed by atoms with Crippen molar-refractivity contribution in [2.24, 2.45) is 0 Å². The van der Waals surface area contributed by atoms with Crippen LogP contribution in [0.2, 0.25) is 5.02 Å². The summed E-state index contributed by atoms with van der Waals surface area (Å²) in [4.78, 5) is 17.7. The fourth-order valence-electron chi connectivity index (χ4n) is 3.26. The number of nitrogens with two attached hydrogens (primary N) is 1. The number of amides is 1. The summed E-state index contributed by atoms with van der Waals surface area (Å²) in [6.07, 6.45) is 1.70. The molecule has 0 radical (unpaired) electrons. The van der Waals surface area contributed by atoms with Gasteiger partial charge >= 0.3 is 0 Å². The van der Waals surface area contributed by atoms with E-state index in [-0.39, 0.29) is 11.8 Å². The second kappa shape index (κ2) is 5.87. The molecule has 3 N–H and O–H groups in total. The Kier molecular flexibility index (Phi) is 3.69. The number of aromatic nitrogens is 2. The molecule has 0 unspecified atom stereocenters. The average molecular weight is 345 g/mol. The molecule has 6 nitrogen and oxygen atoms in total. The fraction of sp³-hybridized carbons (Fsp3) is 0.294. The number of halogens is 1. The Balaban J connectivity index is 1.47. The molecule has 7 heteroatoms. The monoisotopic (exact) mass is 344 g/mol. The van der Waals surface area contributed by atoms with Gasteiger partial charge in [0.25, 0.3) is 5.91 Å². The van der Waals surface area contributed by atoms with Gasteiger partial charge in [-0.05, 0) is 37.1 Å². The normalized spacial score (nSPS) is 16.0.